The zero-order valence-electron chi connectivity index (χ0n) is 14.3. The van der Waals surface area contributed by atoms with Crippen LogP contribution in [0.3, 0.4) is 0 Å². The second-order valence-corrected chi connectivity index (χ2v) is 7.53. The van der Waals surface area contributed by atoms with E-state index in [0.29, 0.717) is 0 Å². The summed E-state index contributed by atoms with van der Waals surface area (Å²) in [5, 5.41) is 0.0453. The number of hydrogen-bond acceptors (Lipinski definition) is 5. The molecule has 0 heterocycles. The maximum Gasteiger partial charge on any atom is 0.339 e. The molecule has 0 bridgehead atoms. The molecule has 0 fully saturated rings. The van der Waals surface area contributed by atoms with Crippen LogP contribution in [0.15, 0.2) is 41.3 Å². The molecule has 26 heavy (non-hydrogen) atoms. The molecule has 2 aromatic carbocycles. The molecule has 0 aliphatic carbocycles. The molecule has 2 aromatic rings. The third-order valence-corrected chi connectivity index (χ3v) is 5.69. The molecule has 0 saturated carbocycles. The second kappa shape index (κ2) is 7.92. The topological polar surface area (TPSA) is 72.9 Å². The van der Waals surface area contributed by atoms with Gasteiger partial charge < -0.3 is 9.47 Å². The van der Waals surface area contributed by atoms with E-state index in [-0.39, 0.29) is 33.5 Å². The highest BCUT2D eigenvalue weighted by Gasteiger charge is 2.24. The SMILES string of the molecule is CCOC(=O)c1ccc(N(C)S(=O)(=O)c2ccc(OC)c(F)c2)cc1Cl. The Labute approximate surface area is 156 Å². The maximum absolute atomic E-state index is 13.8. The summed E-state index contributed by atoms with van der Waals surface area (Å²) in [6, 6.07) is 7.45. The molecule has 0 N–H and O–H groups in total. The van der Waals surface area contributed by atoms with Crippen LogP contribution in [0.25, 0.3) is 0 Å². The van der Waals surface area contributed by atoms with Crippen LogP contribution < -0.4 is 9.04 Å². The fourth-order valence-electron chi connectivity index (χ4n) is 2.18. The molecule has 0 radical (unpaired) electrons. The van der Waals surface area contributed by atoms with E-state index in [1.165, 1.54) is 44.5 Å². The summed E-state index contributed by atoms with van der Waals surface area (Å²) < 4.78 is 49.8. The lowest BCUT2D eigenvalue weighted by Gasteiger charge is -2.20. The van der Waals surface area contributed by atoms with Crippen molar-refractivity contribution in [3.8, 4) is 5.75 Å². The number of carbonyl (C=O) groups excluding carboxylic acids is 1. The summed E-state index contributed by atoms with van der Waals surface area (Å²) in [5.74, 6) is -1.46. The minimum absolute atomic E-state index is 0.0453. The minimum atomic E-state index is -4.04. The molecule has 0 aliphatic heterocycles. The Kier molecular flexibility index (Phi) is 6.09. The summed E-state index contributed by atoms with van der Waals surface area (Å²) in [5.41, 5.74) is 0.331. The van der Waals surface area contributed by atoms with E-state index in [0.717, 1.165) is 10.4 Å². The molecule has 0 atom stereocenters. The van der Waals surface area contributed by atoms with Crippen molar-refractivity contribution in [2.24, 2.45) is 0 Å². The Morgan fingerprint density at radius 1 is 1.23 bits per heavy atom. The number of carbonyl (C=O) groups is 1. The zero-order valence-corrected chi connectivity index (χ0v) is 15.9. The molecule has 0 spiro atoms. The van der Waals surface area contributed by atoms with Crippen molar-refractivity contribution in [2.75, 3.05) is 25.1 Å². The van der Waals surface area contributed by atoms with Crippen LogP contribution in [-0.2, 0) is 14.8 Å². The molecule has 0 amide bonds. The van der Waals surface area contributed by atoms with Crippen molar-refractivity contribution < 1.29 is 27.1 Å². The zero-order chi connectivity index (χ0) is 19.5. The number of halogens is 2. The first-order chi connectivity index (χ1) is 12.2. The standard InChI is InChI=1S/C17H17ClFNO5S/c1-4-25-17(21)13-7-5-11(9-14(13)18)20(2)26(22,23)12-6-8-16(24-3)15(19)10-12/h5-10H,4H2,1-3H3. The lowest BCUT2D eigenvalue weighted by atomic mass is 10.2. The average Bonchev–Trinajstić information content (AvgIpc) is 2.60. The van der Waals surface area contributed by atoms with Gasteiger partial charge in [-0.2, -0.15) is 0 Å². The van der Waals surface area contributed by atoms with Crippen molar-refractivity contribution >= 4 is 33.3 Å². The maximum atomic E-state index is 13.8. The van der Waals surface area contributed by atoms with Crippen molar-refractivity contribution in [2.45, 2.75) is 11.8 Å². The number of ether oxygens (including phenoxy) is 2. The Hall–Kier alpha value is -2.32. The summed E-state index contributed by atoms with van der Waals surface area (Å²) in [4.78, 5) is 11.5. The van der Waals surface area contributed by atoms with Crippen molar-refractivity contribution in [1.29, 1.82) is 0 Å². The van der Waals surface area contributed by atoms with Crippen molar-refractivity contribution in [1.82, 2.24) is 0 Å². The third kappa shape index (κ3) is 3.91. The van der Waals surface area contributed by atoms with Gasteiger partial charge >= 0.3 is 5.97 Å². The third-order valence-electron chi connectivity index (χ3n) is 3.59. The van der Waals surface area contributed by atoms with Crippen molar-refractivity contribution in [3.05, 3.63) is 52.8 Å². The molecular formula is C17H17ClFNO5S. The van der Waals surface area contributed by atoms with Gasteiger partial charge in [-0.05, 0) is 43.3 Å². The molecule has 9 heteroatoms. The van der Waals surface area contributed by atoms with Crippen LogP contribution in [0.2, 0.25) is 5.02 Å². The first kappa shape index (κ1) is 20.0. The predicted octanol–water partition coefficient (Wildman–Crippen LogP) is 3.49. The first-order valence-corrected chi connectivity index (χ1v) is 9.33. The summed E-state index contributed by atoms with van der Waals surface area (Å²) >= 11 is 6.07. The van der Waals surface area contributed by atoms with Gasteiger partial charge in [-0.25, -0.2) is 17.6 Å². The van der Waals surface area contributed by atoms with E-state index in [2.05, 4.69) is 0 Å². The van der Waals surface area contributed by atoms with Crippen LogP contribution in [0, 0.1) is 5.82 Å². The van der Waals surface area contributed by atoms with Gasteiger partial charge in [0.15, 0.2) is 11.6 Å². The molecule has 0 aromatic heterocycles. The Morgan fingerprint density at radius 3 is 2.46 bits per heavy atom. The quantitative estimate of drug-likeness (QED) is 0.693. The van der Waals surface area contributed by atoms with E-state index in [1.807, 2.05) is 0 Å². The highest BCUT2D eigenvalue weighted by Crippen LogP contribution is 2.29. The van der Waals surface area contributed by atoms with Gasteiger partial charge in [0.1, 0.15) is 0 Å². The fourth-order valence-corrected chi connectivity index (χ4v) is 3.63. The molecule has 140 valence electrons. The smallest absolute Gasteiger partial charge is 0.339 e. The summed E-state index contributed by atoms with van der Waals surface area (Å²) in [6.07, 6.45) is 0. The average molecular weight is 402 g/mol. The highest BCUT2D eigenvalue weighted by molar-refractivity contribution is 7.92. The van der Waals surface area contributed by atoms with Gasteiger partial charge in [0.05, 0.1) is 34.9 Å². The molecule has 6 nitrogen and oxygen atoms in total. The lowest BCUT2D eigenvalue weighted by molar-refractivity contribution is 0.0526. The van der Waals surface area contributed by atoms with Gasteiger partial charge in [-0.1, -0.05) is 11.6 Å². The monoisotopic (exact) mass is 401 g/mol. The van der Waals surface area contributed by atoms with Crippen LogP contribution in [0.4, 0.5) is 10.1 Å². The Balaban J connectivity index is 2.38. The van der Waals surface area contributed by atoms with Gasteiger partial charge in [-0.15, -0.1) is 0 Å². The largest absolute Gasteiger partial charge is 0.494 e. The number of nitrogens with zero attached hydrogens (tertiary/aromatic N) is 1. The summed E-state index contributed by atoms with van der Waals surface area (Å²) in [7, 11) is -1.45. The van der Waals surface area contributed by atoms with Crippen LogP contribution in [0.1, 0.15) is 17.3 Å². The van der Waals surface area contributed by atoms with Gasteiger partial charge in [-0.3, -0.25) is 4.31 Å². The number of benzene rings is 2. The van der Waals surface area contributed by atoms with E-state index in [9.17, 15) is 17.6 Å². The number of sulfonamides is 1. The number of methoxy groups -OCH3 is 1. The molecule has 0 saturated heterocycles. The number of esters is 1. The molecular weight excluding hydrogens is 385 g/mol. The van der Waals surface area contributed by atoms with Crippen LogP contribution in [-0.4, -0.2) is 35.2 Å². The molecule has 0 aliphatic rings. The molecule has 0 unspecified atom stereocenters. The van der Waals surface area contributed by atoms with E-state index < -0.39 is 21.8 Å². The lowest BCUT2D eigenvalue weighted by Crippen LogP contribution is -2.26. The van der Waals surface area contributed by atoms with Crippen LogP contribution >= 0.6 is 11.6 Å². The Bertz CT molecular complexity index is 933. The van der Waals surface area contributed by atoms with E-state index >= 15 is 0 Å². The second-order valence-electron chi connectivity index (χ2n) is 5.15. The number of rotatable bonds is 6. The van der Waals surface area contributed by atoms with Crippen LogP contribution in [0.5, 0.6) is 5.75 Å². The summed E-state index contributed by atoms with van der Waals surface area (Å²) in [6.45, 7) is 1.85. The fraction of sp³-hybridized carbons (Fsp3) is 0.235. The van der Waals surface area contributed by atoms with E-state index in [4.69, 9.17) is 21.1 Å². The van der Waals surface area contributed by atoms with E-state index in [1.54, 1.807) is 6.92 Å². The first-order valence-electron chi connectivity index (χ1n) is 7.51. The minimum Gasteiger partial charge on any atom is -0.494 e. The Morgan fingerprint density at radius 2 is 1.92 bits per heavy atom. The highest BCUT2D eigenvalue weighted by atomic mass is 35.5. The molecule has 2 rings (SSSR count). The number of anilines is 1. The predicted molar refractivity (Wildman–Crippen MR) is 95.9 cm³/mol. The van der Waals surface area contributed by atoms with Gasteiger partial charge in [0.25, 0.3) is 10.0 Å². The van der Waals surface area contributed by atoms with Gasteiger partial charge in [0.2, 0.25) is 0 Å². The number of hydrogen-bond donors (Lipinski definition) is 0. The normalized spacial score (nSPS) is 11.1. The van der Waals surface area contributed by atoms with Gasteiger partial charge in [0, 0.05) is 7.05 Å². The van der Waals surface area contributed by atoms with Crippen molar-refractivity contribution in [3.63, 3.8) is 0 Å².